The van der Waals surface area contributed by atoms with Crippen molar-refractivity contribution in [1.82, 2.24) is 29.9 Å². The van der Waals surface area contributed by atoms with Gasteiger partial charge in [-0.2, -0.15) is 5.10 Å². The fourth-order valence-electron chi connectivity index (χ4n) is 4.98. The number of H-pyrrole nitrogens is 1. The van der Waals surface area contributed by atoms with E-state index in [9.17, 15) is 4.79 Å². The number of benzene rings is 1. The molecule has 2 saturated heterocycles. The Labute approximate surface area is 179 Å². The lowest BCUT2D eigenvalue weighted by molar-refractivity contribution is 0.0123. The summed E-state index contributed by atoms with van der Waals surface area (Å²) in [6.45, 7) is 14.2. The van der Waals surface area contributed by atoms with Crippen LogP contribution in [0, 0.1) is 5.41 Å². The molecule has 2 amide bonds. The minimum atomic E-state index is 0.0470. The molecule has 2 aliphatic heterocycles. The van der Waals surface area contributed by atoms with Gasteiger partial charge in [0.05, 0.1) is 0 Å². The van der Waals surface area contributed by atoms with Crippen molar-refractivity contribution in [3.8, 4) is 0 Å². The van der Waals surface area contributed by atoms with Crippen molar-refractivity contribution in [2.45, 2.75) is 46.1 Å². The van der Waals surface area contributed by atoms with Gasteiger partial charge in [0.15, 0.2) is 5.82 Å². The van der Waals surface area contributed by atoms with E-state index in [1.165, 1.54) is 5.56 Å². The molecule has 2 aromatic rings. The number of nitrogens with one attached hydrogen (secondary N) is 1. The normalized spacial score (nSPS) is 20.7. The van der Waals surface area contributed by atoms with Crippen molar-refractivity contribution >= 4 is 6.03 Å². The summed E-state index contributed by atoms with van der Waals surface area (Å²) >= 11 is 0. The molecule has 1 aromatic carbocycles. The lowest BCUT2D eigenvalue weighted by Gasteiger charge is -2.51. The maximum absolute atomic E-state index is 12.8. The molecule has 3 heterocycles. The Morgan fingerprint density at radius 2 is 1.90 bits per heavy atom. The summed E-state index contributed by atoms with van der Waals surface area (Å²) in [5.41, 5.74) is 1.37. The molecule has 0 bridgehead atoms. The van der Waals surface area contributed by atoms with E-state index in [1.54, 1.807) is 0 Å². The van der Waals surface area contributed by atoms with Gasteiger partial charge in [0.25, 0.3) is 0 Å². The second-order valence-electron chi connectivity index (χ2n) is 9.11. The van der Waals surface area contributed by atoms with E-state index in [-0.39, 0.29) is 17.4 Å². The zero-order valence-corrected chi connectivity index (χ0v) is 18.6. The number of carbonyl (C=O) groups excluding carboxylic acids is 1. The summed E-state index contributed by atoms with van der Waals surface area (Å²) in [5, 5.41) is 7.68. The van der Waals surface area contributed by atoms with Crippen LogP contribution in [0.25, 0.3) is 0 Å². The Kier molecular flexibility index (Phi) is 5.82. The average Bonchev–Trinajstić information content (AvgIpc) is 3.33. The first-order chi connectivity index (χ1) is 14.5. The molecule has 162 valence electrons. The van der Waals surface area contributed by atoms with Gasteiger partial charge in [0, 0.05) is 63.1 Å². The van der Waals surface area contributed by atoms with Crippen molar-refractivity contribution in [2.75, 3.05) is 39.3 Å². The van der Waals surface area contributed by atoms with Crippen LogP contribution in [-0.2, 0) is 6.54 Å². The largest absolute Gasteiger partial charge is 0.325 e. The summed E-state index contributed by atoms with van der Waals surface area (Å²) in [4.78, 5) is 24.1. The van der Waals surface area contributed by atoms with E-state index in [2.05, 4.69) is 59.3 Å². The first-order valence-electron chi connectivity index (χ1n) is 11.2. The molecule has 1 N–H and O–H groups in total. The summed E-state index contributed by atoms with van der Waals surface area (Å²) in [7, 11) is 0. The number of amides is 2. The van der Waals surface area contributed by atoms with Crippen LogP contribution in [0.5, 0.6) is 0 Å². The van der Waals surface area contributed by atoms with Crippen molar-refractivity contribution in [2.24, 2.45) is 5.41 Å². The molecule has 2 fully saturated rings. The van der Waals surface area contributed by atoms with E-state index in [1.807, 2.05) is 23.6 Å². The maximum atomic E-state index is 12.8. The smallest absolute Gasteiger partial charge is 0.320 e. The topological polar surface area (TPSA) is 68.4 Å². The van der Waals surface area contributed by atoms with Gasteiger partial charge in [0.1, 0.15) is 5.82 Å². The molecule has 1 atom stereocenters. The van der Waals surface area contributed by atoms with Crippen LogP contribution in [0.15, 0.2) is 30.3 Å². The third-order valence-electron chi connectivity index (χ3n) is 6.65. The summed E-state index contributed by atoms with van der Waals surface area (Å²) in [6, 6.07) is 10.8. The van der Waals surface area contributed by atoms with Crippen LogP contribution in [0.4, 0.5) is 4.79 Å². The van der Waals surface area contributed by atoms with Crippen molar-refractivity contribution in [3.63, 3.8) is 0 Å². The third kappa shape index (κ3) is 3.83. The number of hydrogen-bond donors (Lipinski definition) is 1. The van der Waals surface area contributed by atoms with Gasteiger partial charge in [-0.1, -0.05) is 44.2 Å². The van der Waals surface area contributed by atoms with Crippen LogP contribution < -0.4 is 0 Å². The number of aromatic nitrogens is 3. The Morgan fingerprint density at radius 1 is 1.20 bits per heavy atom. The molecule has 4 rings (SSSR count). The van der Waals surface area contributed by atoms with Crippen LogP contribution in [0.1, 0.15) is 56.7 Å². The lowest BCUT2D eigenvalue weighted by Crippen LogP contribution is -2.64. The quantitative estimate of drug-likeness (QED) is 0.793. The molecule has 30 heavy (non-hydrogen) atoms. The predicted octanol–water partition coefficient (Wildman–Crippen LogP) is 3.29. The molecule has 1 unspecified atom stereocenters. The highest BCUT2D eigenvalue weighted by Gasteiger charge is 2.57. The SMILES string of the molecule is CCN(CC)C(=O)N1CC2(CN(Cc3ccccc3)CC2c2nc(C(C)C)n[nH]2)C1. The first kappa shape index (κ1) is 20.8. The Hall–Kier alpha value is -2.41. The number of carbonyl (C=O) groups is 1. The first-order valence-corrected chi connectivity index (χ1v) is 11.2. The highest BCUT2D eigenvalue weighted by molar-refractivity contribution is 5.75. The fourth-order valence-corrected chi connectivity index (χ4v) is 4.98. The monoisotopic (exact) mass is 410 g/mol. The van der Waals surface area contributed by atoms with Gasteiger partial charge in [0.2, 0.25) is 0 Å². The number of likely N-dealkylation sites (tertiary alicyclic amines) is 2. The molecule has 1 spiro atoms. The standard InChI is InChI=1S/C23H34N6O/c1-5-28(6-2)22(30)29-15-23(16-29)14-27(12-18-10-8-7-9-11-18)13-19(23)21-24-20(17(3)4)25-26-21/h7-11,17,19H,5-6,12-16H2,1-4H3,(H,24,25,26). The van der Waals surface area contributed by atoms with E-state index in [0.717, 1.165) is 57.5 Å². The second-order valence-corrected chi connectivity index (χ2v) is 9.11. The summed E-state index contributed by atoms with van der Waals surface area (Å²) < 4.78 is 0. The van der Waals surface area contributed by atoms with E-state index in [0.29, 0.717) is 5.92 Å². The number of rotatable bonds is 6. The molecule has 2 aliphatic rings. The number of nitrogens with zero attached hydrogens (tertiary/aromatic N) is 5. The van der Waals surface area contributed by atoms with Gasteiger partial charge >= 0.3 is 6.03 Å². The highest BCUT2D eigenvalue weighted by atomic mass is 16.2. The molecular formula is C23H34N6O. The predicted molar refractivity (Wildman–Crippen MR) is 117 cm³/mol. The maximum Gasteiger partial charge on any atom is 0.320 e. The van der Waals surface area contributed by atoms with Crippen LogP contribution in [0.3, 0.4) is 0 Å². The van der Waals surface area contributed by atoms with Crippen molar-refractivity contribution in [1.29, 1.82) is 0 Å². The van der Waals surface area contributed by atoms with Crippen molar-refractivity contribution in [3.05, 3.63) is 47.5 Å². The Morgan fingerprint density at radius 3 is 2.50 bits per heavy atom. The number of aromatic amines is 1. The average molecular weight is 411 g/mol. The minimum absolute atomic E-state index is 0.0470. The molecule has 1 aromatic heterocycles. The zero-order valence-electron chi connectivity index (χ0n) is 18.6. The zero-order chi connectivity index (χ0) is 21.3. The van der Waals surface area contributed by atoms with Gasteiger partial charge in [-0.05, 0) is 19.4 Å². The molecule has 0 saturated carbocycles. The third-order valence-corrected chi connectivity index (χ3v) is 6.65. The van der Waals surface area contributed by atoms with Gasteiger partial charge in [-0.15, -0.1) is 0 Å². The van der Waals surface area contributed by atoms with Crippen LogP contribution in [0.2, 0.25) is 0 Å². The van der Waals surface area contributed by atoms with Crippen LogP contribution in [-0.4, -0.2) is 75.2 Å². The number of hydrogen-bond acceptors (Lipinski definition) is 4. The van der Waals surface area contributed by atoms with Crippen LogP contribution >= 0.6 is 0 Å². The summed E-state index contributed by atoms with van der Waals surface area (Å²) in [5.74, 6) is 2.41. The molecule has 7 nitrogen and oxygen atoms in total. The van der Waals surface area contributed by atoms with E-state index in [4.69, 9.17) is 4.98 Å². The number of urea groups is 1. The lowest BCUT2D eigenvalue weighted by atomic mass is 9.71. The molecule has 7 heteroatoms. The van der Waals surface area contributed by atoms with Crippen molar-refractivity contribution < 1.29 is 4.79 Å². The molecular weight excluding hydrogens is 376 g/mol. The van der Waals surface area contributed by atoms with Gasteiger partial charge < -0.3 is 9.80 Å². The van der Waals surface area contributed by atoms with E-state index >= 15 is 0 Å². The molecule has 0 aliphatic carbocycles. The Bertz CT molecular complexity index is 854. The fraction of sp³-hybridized carbons (Fsp3) is 0.609. The van der Waals surface area contributed by atoms with Gasteiger partial charge in [-0.3, -0.25) is 10.00 Å². The Balaban J connectivity index is 1.53. The molecule has 0 radical (unpaired) electrons. The van der Waals surface area contributed by atoms with Gasteiger partial charge in [-0.25, -0.2) is 9.78 Å². The summed E-state index contributed by atoms with van der Waals surface area (Å²) in [6.07, 6.45) is 0. The minimum Gasteiger partial charge on any atom is -0.325 e. The second kappa shape index (κ2) is 8.38. The highest BCUT2D eigenvalue weighted by Crippen LogP contribution is 2.49. The van der Waals surface area contributed by atoms with E-state index < -0.39 is 0 Å².